The van der Waals surface area contributed by atoms with Crippen molar-refractivity contribution in [2.45, 2.75) is 6.17 Å². The predicted molar refractivity (Wildman–Crippen MR) is 36.3 cm³/mol. The Kier molecular flexibility index (Phi) is 1.53. The smallest absolute Gasteiger partial charge is 0.411 e. The number of cyclic esters (lactones) is 2. The van der Waals surface area contributed by atoms with Crippen LogP contribution >= 0.6 is 0 Å². The number of carbonyl (C=O) groups is 2. The molecule has 0 radical (unpaired) electrons. The summed E-state index contributed by atoms with van der Waals surface area (Å²) in [6.07, 6.45) is -1.24. The maximum absolute atomic E-state index is 11.0. The molecule has 0 aromatic carbocycles. The van der Waals surface area contributed by atoms with Gasteiger partial charge in [0, 0.05) is 0 Å². The number of rotatable bonds is 1. The largest absolute Gasteiger partial charge is 0.447 e. The fourth-order valence-corrected chi connectivity index (χ4v) is 1.23. The van der Waals surface area contributed by atoms with Crippen LogP contribution in [0.4, 0.5) is 9.59 Å². The molecule has 2 saturated heterocycles. The summed E-state index contributed by atoms with van der Waals surface area (Å²) in [5.74, 6) is 0. The highest BCUT2D eigenvalue weighted by Gasteiger charge is 2.35. The van der Waals surface area contributed by atoms with Gasteiger partial charge in [0.2, 0.25) is 0 Å². The van der Waals surface area contributed by atoms with E-state index in [0.29, 0.717) is 13.2 Å². The summed E-state index contributed by atoms with van der Waals surface area (Å²) < 4.78 is 9.32. The zero-order chi connectivity index (χ0) is 8.55. The first-order chi connectivity index (χ1) is 5.77. The van der Waals surface area contributed by atoms with Crippen LogP contribution in [0, 0.1) is 0 Å². The molecule has 0 aromatic heterocycles. The molecule has 6 nitrogen and oxygen atoms in total. The molecule has 6 heteroatoms. The van der Waals surface area contributed by atoms with E-state index in [1.807, 2.05) is 0 Å². The lowest BCUT2D eigenvalue weighted by Gasteiger charge is -2.17. The van der Waals surface area contributed by atoms with E-state index in [9.17, 15) is 9.59 Å². The highest BCUT2D eigenvalue weighted by Crippen LogP contribution is 2.10. The summed E-state index contributed by atoms with van der Waals surface area (Å²) in [4.78, 5) is 23.0. The van der Waals surface area contributed by atoms with E-state index in [2.05, 4.69) is 10.1 Å². The third kappa shape index (κ3) is 1.05. The Morgan fingerprint density at radius 2 is 2.25 bits per heavy atom. The molecule has 1 N–H and O–H groups in total. The van der Waals surface area contributed by atoms with Gasteiger partial charge in [0.15, 0.2) is 0 Å². The monoisotopic (exact) mass is 172 g/mol. The van der Waals surface area contributed by atoms with Gasteiger partial charge in [-0.05, 0) is 0 Å². The molecule has 1 atom stereocenters. The lowest BCUT2D eigenvalue weighted by atomic mass is 10.4. The van der Waals surface area contributed by atoms with Gasteiger partial charge in [-0.1, -0.05) is 0 Å². The van der Waals surface area contributed by atoms with Crippen molar-refractivity contribution in [3.05, 3.63) is 0 Å². The Balaban J connectivity index is 2.00. The number of amides is 2. The van der Waals surface area contributed by atoms with Gasteiger partial charge in [0.05, 0.1) is 6.54 Å². The molecule has 0 aromatic rings. The van der Waals surface area contributed by atoms with Gasteiger partial charge in [-0.3, -0.25) is 10.2 Å². The van der Waals surface area contributed by atoms with Crippen LogP contribution in [0.1, 0.15) is 0 Å². The minimum atomic E-state index is -0.486. The van der Waals surface area contributed by atoms with Crippen LogP contribution in [-0.4, -0.2) is 43.0 Å². The average Bonchev–Trinajstić information content (AvgIpc) is 2.58. The molecule has 0 spiro atoms. The third-order valence-electron chi connectivity index (χ3n) is 1.83. The van der Waals surface area contributed by atoms with Crippen LogP contribution in [0.5, 0.6) is 0 Å². The highest BCUT2D eigenvalue weighted by molar-refractivity contribution is 5.73. The summed E-state index contributed by atoms with van der Waals surface area (Å²) in [7, 11) is 0. The van der Waals surface area contributed by atoms with Crippen molar-refractivity contribution in [1.29, 1.82) is 0 Å². The molecule has 2 rings (SSSR count). The molecular weight excluding hydrogens is 164 g/mol. The van der Waals surface area contributed by atoms with Crippen LogP contribution < -0.4 is 5.32 Å². The maximum atomic E-state index is 11.0. The molecule has 12 heavy (non-hydrogen) atoms. The summed E-state index contributed by atoms with van der Waals surface area (Å²) in [5, 5.41) is 2.49. The standard InChI is InChI=1S/C6H8N2O4/c9-5-7-4(3-12-5)8-1-2-11-6(8)10/h4H,1-3H2,(H,7,9). The minimum absolute atomic E-state index is 0.202. The van der Waals surface area contributed by atoms with Crippen LogP contribution in [0.2, 0.25) is 0 Å². The summed E-state index contributed by atoms with van der Waals surface area (Å²) in [5.41, 5.74) is 0. The number of hydrogen-bond donors (Lipinski definition) is 1. The number of ether oxygens (including phenoxy) is 2. The molecule has 2 fully saturated rings. The number of carbonyl (C=O) groups excluding carboxylic acids is 2. The molecule has 0 aliphatic carbocycles. The number of nitrogens with one attached hydrogen (secondary N) is 1. The second-order valence-electron chi connectivity index (χ2n) is 2.57. The molecule has 2 amide bonds. The Morgan fingerprint density at radius 1 is 1.42 bits per heavy atom. The first kappa shape index (κ1) is 7.20. The van der Waals surface area contributed by atoms with Crippen LogP contribution in [0.3, 0.4) is 0 Å². The zero-order valence-electron chi connectivity index (χ0n) is 6.28. The van der Waals surface area contributed by atoms with Gasteiger partial charge >= 0.3 is 12.2 Å². The first-order valence-electron chi connectivity index (χ1n) is 3.64. The molecule has 0 saturated carbocycles. The Hall–Kier alpha value is -1.46. The van der Waals surface area contributed by atoms with Crippen LogP contribution in [0.25, 0.3) is 0 Å². The second kappa shape index (κ2) is 2.54. The Labute approximate surface area is 68.4 Å². The van der Waals surface area contributed by atoms with E-state index in [-0.39, 0.29) is 12.8 Å². The van der Waals surface area contributed by atoms with E-state index >= 15 is 0 Å². The predicted octanol–water partition coefficient (Wildman–Crippen LogP) is -0.496. The summed E-state index contributed by atoms with van der Waals surface area (Å²) in [6.45, 7) is 1.09. The quantitative estimate of drug-likeness (QED) is 0.579. The van der Waals surface area contributed by atoms with E-state index in [4.69, 9.17) is 4.74 Å². The fraction of sp³-hybridized carbons (Fsp3) is 0.667. The third-order valence-corrected chi connectivity index (χ3v) is 1.83. The zero-order valence-corrected chi connectivity index (χ0v) is 6.28. The van der Waals surface area contributed by atoms with Gasteiger partial charge in [0.25, 0.3) is 0 Å². The number of hydrogen-bond acceptors (Lipinski definition) is 4. The molecule has 2 aliphatic heterocycles. The van der Waals surface area contributed by atoms with E-state index in [1.54, 1.807) is 0 Å². The molecular formula is C6H8N2O4. The van der Waals surface area contributed by atoms with Crippen molar-refractivity contribution in [1.82, 2.24) is 10.2 Å². The average molecular weight is 172 g/mol. The van der Waals surface area contributed by atoms with Gasteiger partial charge in [-0.15, -0.1) is 0 Å². The fourth-order valence-electron chi connectivity index (χ4n) is 1.23. The normalized spacial score (nSPS) is 28.3. The van der Waals surface area contributed by atoms with Gasteiger partial charge < -0.3 is 9.47 Å². The lowest BCUT2D eigenvalue weighted by Crippen LogP contribution is -2.44. The SMILES string of the molecule is O=C1NC(N2CCOC2=O)CO1. The lowest BCUT2D eigenvalue weighted by molar-refractivity contribution is 0.137. The maximum Gasteiger partial charge on any atom is 0.411 e. The Morgan fingerprint density at radius 3 is 2.75 bits per heavy atom. The van der Waals surface area contributed by atoms with E-state index in [0.717, 1.165) is 0 Å². The van der Waals surface area contributed by atoms with Gasteiger partial charge in [0.1, 0.15) is 19.4 Å². The van der Waals surface area contributed by atoms with Crippen molar-refractivity contribution < 1.29 is 19.1 Å². The van der Waals surface area contributed by atoms with Gasteiger partial charge in [-0.2, -0.15) is 0 Å². The topological polar surface area (TPSA) is 67.9 Å². The van der Waals surface area contributed by atoms with Crippen molar-refractivity contribution in [3.8, 4) is 0 Å². The first-order valence-corrected chi connectivity index (χ1v) is 3.64. The molecule has 1 unspecified atom stereocenters. The van der Waals surface area contributed by atoms with Crippen molar-refractivity contribution in [3.63, 3.8) is 0 Å². The number of nitrogens with zero attached hydrogens (tertiary/aromatic N) is 1. The highest BCUT2D eigenvalue weighted by atomic mass is 16.6. The molecule has 2 aliphatic rings. The summed E-state index contributed by atoms with van der Waals surface area (Å²) >= 11 is 0. The van der Waals surface area contributed by atoms with Crippen molar-refractivity contribution in [2.75, 3.05) is 19.8 Å². The van der Waals surface area contributed by atoms with Crippen molar-refractivity contribution >= 4 is 12.2 Å². The second-order valence-corrected chi connectivity index (χ2v) is 2.57. The minimum Gasteiger partial charge on any atom is -0.447 e. The van der Waals surface area contributed by atoms with Crippen LogP contribution in [-0.2, 0) is 9.47 Å². The van der Waals surface area contributed by atoms with Gasteiger partial charge in [-0.25, -0.2) is 9.59 Å². The molecule has 2 heterocycles. The summed E-state index contributed by atoms with van der Waals surface area (Å²) in [6, 6.07) is 0. The van der Waals surface area contributed by atoms with Crippen LogP contribution in [0.15, 0.2) is 0 Å². The van der Waals surface area contributed by atoms with E-state index < -0.39 is 12.2 Å². The van der Waals surface area contributed by atoms with E-state index in [1.165, 1.54) is 4.90 Å². The Bertz CT molecular complexity index is 230. The molecule has 0 bridgehead atoms. The van der Waals surface area contributed by atoms with Crippen molar-refractivity contribution in [2.24, 2.45) is 0 Å². The molecule has 66 valence electrons. The number of alkyl carbamates (subject to hydrolysis) is 1.